The number of methoxy groups -OCH3 is 1. The van der Waals surface area contributed by atoms with Crippen LogP contribution in [0.2, 0.25) is 5.02 Å². The van der Waals surface area contributed by atoms with E-state index in [4.69, 9.17) is 21.1 Å². The van der Waals surface area contributed by atoms with Gasteiger partial charge in [-0.05, 0) is 60.9 Å². The molecule has 0 aliphatic rings. The van der Waals surface area contributed by atoms with Crippen LogP contribution in [0.3, 0.4) is 0 Å². The third-order valence-corrected chi connectivity index (χ3v) is 7.04. The molecular formula is C26H23ClN2O3S. The van der Waals surface area contributed by atoms with Gasteiger partial charge in [-0.3, -0.25) is 4.79 Å². The topological polar surface area (TPSA) is 59.9 Å². The smallest absolute Gasteiger partial charge is 0.283 e. The number of halogens is 1. The number of thiophene rings is 1. The third kappa shape index (κ3) is 5.02. The summed E-state index contributed by atoms with van der Waals surface area (Å²) in [5, 5.41) is 5.42. The molecule has 1 N–H and O–H groups in total. The van der Waals surface area contributed by atoms with E-state index in [1.165, 1.54) is 16.9 Å². The molecule has 4 aromatic rings. The zero-order valence-corrected chi connectivity index (χ0v) is 20.1. The van der Waals surface area contributed by atoms with Crippen LogP contribution in [-0.4, -0.2) is 19.2 Å². The van der Waals surface area contributed by atoms with Gasteiger partial charge in [0.1, 0.15) is 23.0 Å². The highest BCUT2D eigenvalue weighted by Gasteiger charge is 2.16. The van der Waals surface area contributed by atoms with Crippen LogP contribution in [0, 0.1) is 13.8 Å². The van der Waals surface area contributed by atoms with Crippen LogP contribution in [-0.2, 0) is 6.61 Å². The average Bonchev–Trinajstić information content (AvgIpc) is 3.17. The van der Waals surface area contributed by atoms with E-state index in [0.29, 0.717) is 16.5 Å². The van der Waals surface area contributed by atoms with Crippen molar-refractivity contribution in [2.75, 3.05) is 7.11 Å². The molecule has 4 rings (SSSR count). The highest BCUT2D eigenvalue weighted by molar-refractivity contribution is 7.21. The molecule has 7 heteroatoms. The van der Waals surface area contributed by atoms with E-state index in [1.54, 1.807) is 13.3 Å². The van der Waals surface area contributed by atoms with Crippen LogP contribution in [0.4, 0.5) is 0 Å². The van der Waals surface area contributed by atoms with Crippen molar-refractivity contribution in [3.05, 3.63) is 92.8 Å². The maximum atomic E-state index is 12.6. The van der Waals surface area contributed by atoms with E-state index in [1.807, 2.05) is 61.5 Å². The number of carbonyl (C=O) groups is 1. The summed E-state index contributed by atoms with van der Waals surface area (Å²) in [5.74, 6) is 1.21. The first-order valence-electron chi connectivity index (χ1n) is 10.3. The number of amides is 1. The van der Waals surface area contributed by atoms with Gasteiger partial charge >= 0.3 is 0 Å². The number of nitrogens with zero attached hydrogens (tertiary/aromatic N) is 1. The lowest BCUT2D eigenvalue weighted by atomic mass is 10.1. The molecule has 33 heavy (non-hydrogen) atoms. The molecule has 1 amide bonds. The van der Waals surface area contributed by atoms with Crippen molar-refractivity contribution < 1.29 is 14.3 Å². The molecule has 0 aliphatic heterocycles. The molecule has 0 atom stereocenters. The van der Waals surface area contributed by atoms with Crippen LogP contribution in [0.25, 0.3) is 10.1 Å². The predicted molar refractivity (Wildman–Crippen MR) is 135 cm³/mol. The number of fused-ring (bicyclic) bond motifs is 1. The number of benzene rings is 3. The molecule has 5 nitrogen and oxygen atoms in total. The Kier molecular flexibility index (Phi) is 6.96. The molecule has 0 fully saturated rings. The molecule has 1 heterocycles. The summed E-state index contributed by atoms with van der Waals surface area (Å²) in [6, 6.07) is 19.3. The first-order chi connectivity index (χ1) is 16.0. The highest BCUT2D eigenvalue weighted by atomic mass is 35.5. The van der Waals surface area contributed by atoms with Crippen LogP contribution in [0.5, 0.6) is 11.5 Å². The lowest BCUT2D eigenvalue weighted by Gasteiger charge is -2.13. The Bertz CT molecular complexity index is 1350. The molecule has 0 unspecified atom stereocenters. The van der Waals surface area contributed by atoms with Crippen LogP contribution < -0.4 is 14.9 Å². The van der Waals surface area contributed by atoms with Crippen molar-refractivity contribution >= 4 is 45.1 Å². The number of ether oxygens (including phenoxy) is 2. The minimum Gasteiger partial charge on any atom is -0.496 e. The predicted octanol–water partition coefficient (Wildman–Crippen LogP) is 6.52. The molecule has 0 saturated heterocycles. The third-order valence-electron chi connectivity index (χ3n) is 5.36. The van der Waals surface area contributed by atoms with Crippen LogP contribution in [0.15, 0.2) is 65.8 Å². The molecule has 0 spiro atoms. The number of carbonyl (C=O) groups excluding carboxylic acids is 1. The Hall–Kier alpha value is -3.35. The fourth-order valence-electron chi connectivity index (χ4n) is 3.40. The van der Waals surface area contributed by atoms with Crippen molar-refractivity contribution in [3.8, 4) is 11.5 Å². The fraction of sp³-hybridized carbons (Fsp3) is 0.154. The van der Waals surface area contributed by atoms with Gasteiger partial charge in [0.2, 0.25) is 0 Å². The molecule has 3 aromatic carbocycles. The zero-order chi connectivity index (χ0) is 23.4. The second-order valence-corrected chi connectivity index (χ2v) is 8.93. The van der Waals surface area contributed by atoms with E-state index < -0.39 is 0 Å². The maximum Gasteiger partial charge on any atom is 0.283 e. The summed E-state index contributed by atoms with van der Waals surface area (Å²) in [5.41, 5.74) is 6.53. The molecular weight excluding hydrogens is 456 g/mol. The Balaban J connectivity index is 1.47. The van der Waals surface area contributed by atoms with Crippen molar-refractivity contribution in [2.24, 2.45) is 5.10 Å². The van der Waals surface area contributed by atoms with Gasteiger partial charge in [0, 0.05) is 15.6 Å². The van der Waals surface area contributed by atoms with Crippen molar-refractivity contribution in [2.45, 2.75) is 20.5 Å². The summed E-state index contributed by atoms with van der Waals surface area (Å²) in [4.78, 5) is 13.0. The minimum absolute atomic E-state index is 0.343. The van der Waals surface area contributed by atoms with E-state index in [0.717, 1.165) is 38.3 Å². The molecule has 0 bridgehead atoms. The van der Waals surface area contributed by atoms with E-state index in [9.17, 15) is 4.79 Å². The molecule has 0 aliphatic carbocycles. The SMILES string of the molecule is COc1ccc(C=NNC(=O)c2sc3ccccc3c2Cl)cc1COc1cccc(C)c1C. The number of rotatable bonds is 7. The normalized spacial score (nSPS) is 11.2. The molecule has 0 radical (unpaired) electrons. The highest BCUT2D eigenvalue weighted by Crippen LogP contribution is 2.35. The lowest BCUT2D eigenvalue weighted by Crippen LogP contribution is -2.16. The van der Waals surface area contributed by atoms with Gasteiger partial charge < -0.3 is 9.47 Å². The average molecular weight is 479 g/mol. The summed E-state index contributed by atoms with van der Waals surface area (Å²) in [6.07, 6.45) is 1.58. The van der Waals surface area contributed by atoms with E-state index >= 15 is 0 Å². The number of hydrazone groups is 1. The van der Waals surface area contributed by atoms with Crippen molar-refractivity contribution in [3.63, 3.8) is 0 Å². The van der Waals surface area contributed by atoms with Gasteiger partial charge in [0.25, 0.3) is 5.91 Å². The molecule has 168 valence electrons. The van der Waals surface area contributed by atoms with E-state index in [-0.39, 0.29) is 5.91 Å². The van der Waals surface area contributed by atoms with E-state index in [2.05, 4.69) is 23.5 Å². The summed E-state index contributed by atoms with van der Waals surface area (Å²) >= 11 is 7.72. The Morgan fingerprint density at radius 1 is 1.09 bits per heavy atom. The summed E-state index contributed by atoms with van der Waals surface area (Å²) in [7, 11) is 1.62. The van der Waals surface area contributed by atoms with Crippen molar-refractivity contribution in [1.82, 2.24) is 5.43 Å². The largest absolute Gasteiger partial charge is 0.496 e. The van der Waals surface area contributed by atoms with Crippen LogP contribution >= 0.6 is 22.9 Å². The summed E-state index contributed by atoms with van der Waals surface area (Å²) in [6.45, 7) is 4.44. The van der Waals surface area contributed by atoms with Gasteiger partial charge in [-0.2, -0.15) is 5.10 Å². The fourth-order valence-corrected chi connectivity index (χ4v) is 4.81. The Morgan fingerprint density at radius 3 is 2.70 bits per heavy atom. The van der Waals surface area contributed by atoms with Gasteiger partial charge in [0.05, 0.1) is 18.3 Å². The number of hydrogen-bond donors (Lipinski definition) is 1. The number of hydrogen-bond acceptors (Lipinski definition) is 5. The zero-order valence-electron chi connectivity index (χ0n) is 18.5. The maximum absolute atomic E-state index is 12.6. The van der Waals surface area contributed by atoms with Crippen LogP contribution in [0.1, 0.15) is 31.9 Å². The monoisotopic (exact) mass is 478 g/mol. The quantitative estimate of drug-likeness (QED) is 0.243. The lowest BCUT2D eigenvalue weighted by molar-refractivity contribution is 0.0959. The Morgan fingerprint density at radius 2 is 1.91 bits per heavy atom. The second kappa shape index (κ2) is 10.1. The first kappa shape index (κ1) is 22.8. The van der Waals surface area contributed by atoms with Gasteiger partial charge in [-0.1, -0.05) is 41.9 Å². The molecule has 0 saturated carbocycles. The summed E-state index contributed by atoms with van der Waals surface area (Å²) < 4.78 is 12.5. The minimum atomic E-state index is -0.343. The number of aryl methyl sites for hydroxylation is 1. The first-order valence-corrected chi connectivity index (χ1v) is 11.5. The second-order valence-electron chi connectivity index (χ2n) is 7.50. The van der Waals surface area contributed by atoms with Gasteiger partial charge in [0.15, 0.2) is 0 Å². The molecule has 1 aromatic heterocycles. The standard InChI is InChI=1S/C26H23ClN2O3S/c1-16-7-6-9-21(17(16)2)32-15-19-13-18(11-12-22(19)31-3)14-28-29-26(30)25-24(27)20-8-4-5-10-23(20)33-25/h4-14H,15H2,1-3H3,(H,29,30). The number of nitrogens with one attached hydrogen (secondary N) is 1. The van der Waals surface area contributed by atoms with Gasteiger partial charge in [-0.15, -0.1) is 11.3 Å². The Labute approximate surface area is 201 Å². The van der Waals surface area contributed by atoms with Crippen molar-refractivity contribution in [1.29, 1.82) is 0 Å². The van der Waals surface area contributed by atoms with Gasteiger partial charge in [-0.25, -0.2) is 5.43 Å².